The molecule has 3 aromatic rings. The van der Waals surface area contributed by atoms with Crippen molar-refractivity contribution in [2.45, 2.75) is 48.5 Å². The van der Waals surface area contributed by atoms with Crippen LogP contribution in [0.1, 0.15) is 53.1 Å². The van der Waals surface area contributed by atoms with Crippen molar-refractivity contribution in [3.8, 4) is 0 Å². The van der Waals surface area contributed by atoms with Gasteiger partial charge in [-0.05, 0) is 105 Å². The molecular formula is C26H28BrFeN3. The Morgan fingerprint density at radius 3 is 1.61 bits per heavy atom. The van der Waals surface area contributed by atoms with E-state index >= 15 is 0 Å². The molecular weight excluding hydrogens is 490 g/mol. The summed E-state index contributed by atoms with van der Waals surface area (Å²) in [7, 11) is 0. The fraction of sp³-hybridized carbons (Fsp3) is 0.269. The second-order valence-corrected chi connectivity index (χ2v) is 8.82. The number of aryl methyl sites for hydroxylation is 5. The standard InChI is InChI=1S/C26H28BrN3.Fe/c1-15-11-17(3)25(18(4)12-15)28-20(6)23-9-8-10-24(30-23)21(7)29-26-19(5)13-16(2)14-22(26)27;/h8-14H,1-7H3;. The molecule has 2 aromatic carbocycles. The maximum Gasteiger partial charge on any atom is 0.0849 e. The van der Waals surface area contributed by atoms with E-state index in [0.717, 1.165) is 44.2 Å². The van der Waals surface area contributed by atoms with E-state index in [1.165, 1.54) is 22.3 Å². The molecule has 0 aliphatic heterocycles. The molecule has 0 atom stereocenters. The molecule has 0 unspecified atom stereocenters. The first-order valence-corrected chi connectivity index (χ1v) is 10.9. The van der Waals surface area contributed by atoms with Crippen LogP contribution in [-0.4, -0.2) is 16.4 Å². The summed E-state index contributed by atoms with van der Waals surface area (Å²) in [5.74, 6) is 0. The zero-order chi connectivity index (χ0) is 22.0. The molecule has 0 aliphatic carbocycles. The van der Waals surface area contributed by atoms with Crippen LogP contribution in [0.2, 0.25) is 0 Å². The second-order valence-electron chi connectivity index (χ2n) is 7.96. The van der Waals surface area contributed by atoms with Gasteiger partial charge in [-0.1, -0.05) is 29.8 Å². The third kappa shape index (κ3) is 6.00. The van der Waals surface area contributed by atoms with Gasteiger partial charge in [0.2, 0.25) is 0 Å². The topological polar surface area (TPSA) is 37.6 Å². The SMILES string of the molecule is CC(=Nc1c(C)cc(C)cc1C)c1cccc(C(C)=Nc2c(C)cc(C)cc2Br)n1.[Fe]. The maximum absolute atomic E-state index is 4.90. The molecule has 0 radical (unpaired) electrons. The van der Waals surface area contributed by atoms with Crippen molar-refractivity contribution in [3.05, 3.63) is 86.1 Å². The van der Waals surface area contributed by atoms with Gasteiger partial charge in [-0.15, -0.1) is 0 Å². The summed E-state index contributed by atoms with van der Waals surface area (Å²) in [6.45, 7) is 14.5. The molecule has 0 N–H and O–H groups in total. The van der Waals surface area contributed by atoms with E-state index in [0.29, 0.717) is 0 Å². The minimum absolute atomic E-state index is 0. The minimum atomic E-state index is 0. The summed E-state index contributed by atoms with van der Waals surface area (Å²) in [5.41, 5.74) is 11.4. The Hall–Kier alpha value is -2.07. The van der Waals surface area contributed by atoms with E-state index in [4.69, 9.17) is 15.0 Å². The summed E-state index contributed by atoms with van der Waals surface area (Å²) in [5, 5.41) is 0. The molecule has 0 aliphatic rings. The number of rotatable bonds is 4. The van der Waals surface area contributed by atoms with Gasteiger partial charge in [-0.2, -0.15) is 0 Å². The largest absolute Gasteiger partial charge is 0.251 e. The van der Waals surface area contributed by atoms with Gasteiger partial charge < -0.3 is 0 Å². The Kier molecular flexibility index (Phi) is 8.53. The summed E-state index contributed by atoms with van der Waals surface area (Å²) < 4.78 is 0.999. The van der Waals surface area contributed by atoms with Crippen molar-refractivity contribution in [1.82, 2.24) is 4.98 Å². The molecule has 0 bridgehead atoms. The predicted molar refractivity (Wildman–Crippen MR) is 132 cm³/mol. The maximum atomic E-state index is 4.90. The van der Waals surface area contributed by atoms with Gasteiger partial charge in [0.05, 0.1) is 34.2 Å². The number of aliphatic imine (C=N–C) groups is 2. The normalized spacial score (nSPS) is 12.0. The van der Waals surface area contributed by atoms with Gasteiger partial charge in [-0.3, -0.25) is 9.98 Å². The van der Waals surface area contributed by atoms with Crippen molar-refractivity contribution in [3.63, 3.8) is 0 Å². The molecule has 1 aromatic heterocycles. The molecule has 0 amide bonds. The Bertz CT molecular complexity index is 1040. The summed E-state index contributed by atoms with van der Waals surface area (Å²) in [4.78, 5) is 14.6. The van der Waals surface area contributed by atoms with Gasteiger partial charge in [-0.25, -0.2) is 4.98 Å². The van der Waals surface area contributed by atoms with Crippen LogP contribution in [0.5, 0.6) is 0 Å². The summed E-state index contributed by atoms with van der Waals surface area (Å²) in [6.07, 6.45) is 0. The van der Waals surface area contributed by atoms with E-state index in [-0.39, 0.29) is 17.1 Å². The quantitative estimate of drug-likeness (QED) is 0.258. The van der Waals surface area contributed by atoms with Gasteiger partial charge in [0.1, 0.15) is 0 Å². The van der Waals surface area contributed by atoms with Gasteiger partial charge in [0.25, 0.3) is 0 Å². The molecule has 0 spiro atoms. The molecule has 5 heteroatoms. The number of halogens is 1. The molecule has 0 saturated heterocycles. The van der Waals surface area contributed by atoms with Crippen LogP contribution in [0.25, 0.3) is 0 Å². The number of hydrogen-bond donors (Lipinski definition) is 0. The molecule has 3 nitrogen and oxygen atoms in total. The number of pyridine rings is 1. The first kappa shape index (κ1) is 25.2. The van der Waals surface area contributed by atoms with Crippen molar-refractivity contribution in [1.29, 1.82) is 0 Å². The van der Waals surface area contributed by atoms with Crippen LogP contribution in [-0.2, 0) is 17.1 Å². The fourth-order valence-corrected chi connectivity index (χ4v) is 4.45. The van der Waals surface area contributed by atoms with E-state index in [2.05, 4.69) is 74.8 Å². The number of benzene rings is 2. The number of aromatic nitrogens is 1. The van der Waals surface area contributed by atoms with E-state index < -0.39 is 0 Å². The summed E-state index contributed by atoms with van der Waals surface area (Å²) >= 11 is 3.65. The Morgan fingerprint density at radius 2 is 1.13 bits per heavy atom. The first-order valence-electron chi connectivity index (χ1n) is 10.1. The van der Waals surface area contributed by atoms with Crippen molar-refractivity contribution >= 4 is 38.7 Å². The molecule has 3 rings (SSSR count). The van der Waals surface area contributed by atoms with E-state index in [1.807, 2.05) is 32.0 Å². The average Bonchev–Trinajstić information content (AvgIpc) is 2.67. The van der Waals surface area contributed by atoms with Crippen molar-refractivity contribution in [2.24, 2.45) is 9.98 Å². The Balaban J connectivity index is 0.00000341. The van der Waals surface area contributed by atoms with Gasteiger partial charge in [0, 0.05) is 21.5 Å². The molecule has 0 fully saturated rings. The van der Waals surface area contributed by atoms with E-state index in [9.17, 15) is 0 Å². The van der Waals surface area contributed by atoms with Crippen LogP contribution in [0.3, 0.4) is 0 Å². The monoisotopic (exact) mass is 517 g/mol. The summed E-state index contributed by atoms with van der Waals surface area (Å²) in [6, 6.07) is 14.6. The zero-order valence-electron chi connectivity index (χ0n) is 19.1. The fourth-order valence-electron chi connectivity index (χ4n) is 3.69. The van der Waals surface area contributed by atoms with Crippen LogP contribution < -0.4 is 0 Å². The zero-order valence-corrected chi connectivity index (χ0v) is 21.8. The molecule has 0 saturated carbocycles. The third-order valence-electron chi connectivity index (χ3n) is 5.08. The van der Waals surface area contributed by atoms with Crippen LogP contribution >= 0.6 is 15.9 Å². The van der Waals surface area contributed by atoms with Gasteiger partial charge >= 0.3 is 0 Å². The van der Waals surface area contributed by atoms with Crippen LogP contribution in [0.4, 0.5) is 11.4 Å². The second kappa shape index (κ2) is 10.5. The predicted octanol–water partition coefficient (Wildman–Crippen LogP) is 7.67. The first-order chi connectivity index (χ1) is 14.2. The third-order valence-corrected chi connectivity index (χ3v) is 5.69. The minimum Gasteiger partial charge on any atom is -0.251 e. The smallest absolute Gasteiger partial charge is 0.0849 e. The molecule has 31 heavy (non-hydrogen) atoms. The number of nitrogens with zero attached hydrogens (tertiary/aromatic N) is 3. The van der Waals surface area contributed by atoms with Crippen molar-refractivity contribution < 1.29 is 17.1 Å². The average molecular weight is 518 g/mol. The Labute approximate surface area is 204 Å². The van der Waals surface area contributed by atoms with Crippen molar-refractivity contribution in [2.75, 3.05) is 0 Å². The van der Waals surface area contributed by atoms with Crippen LogP contribution in [0, 0.1) is 34.6 Å². The number of hydrogen-bond acceptors (Lipinski definition) is 3. The molecule has 162 valence electrons. The Morgan fingerprint density at radius 1 is 0.710 bits per heavy atom. The molecule has 1 heterocycles. The van der Waals surface area contributed by atoms with Gasteiger partial charge in [0.15, 0.2) is 0 Å². The van der Waals surface area contributed by atoms with E-state index in [1.54, 1.807) is 0 Å². The van der Waals surface area contributed by atoms with Crippen LogP contribution in [0.15, 0.2) is 56.9 Å².